The van der Waals surface area contributed by atoms with E-state index in [1.54, 1.807) is 22.7 Å². The summed E-state index contributed by atoms with van der Waals surface area (Å²) in [4.78, 5) is 5.16. The summed E-state index contributed by atoms with van der Waals surface area (Å²) in [6.45, 7) is 12.0. The molecular weight excluding hydrogens is 232 g/mol. The fraction of sp³-hybridized carbons (Fsp3) is 0.143. The van der Waals surface area contributed by atoms with Crippen LogP contribution >= 0.6 is 22.7 Å². The van der Waals surface area contributed by atoms with Gasteiger partial charge in [0.25, 0.3) is 0 Å². The monoisotopic (exact) mass is 246 g/mol. The smallest absolute Gasteiger partial charge is 0.0449 e. The summed E-state index contributed by atoms with van der Waals surface area (Å²) in [7, 11) is 0. The highest BCUT2D eigenvalue weighted by Gasteiger charge is 2.06. The highest BCUT2D eigenvalue weighted by atomic mass is 32.1. The van der Waals surface area contributed by atoms with Crippen molar-refractivity contribution in [3.8, 4) is 9.75 Å². The van der Waals surface area contributed by atoms with E-state index in [0.717, 1.165) is 11.1 Å². The van der Waals surface area contributed by atoms with Crippen LogP contribution in [0.2, 0.25) is 0 Å². The Morgan fingerprint density at radius 1 is 0.812 bits per heavy atom. The highest BCUT2D eigenvalue weighted by molar-refractivity contribution is 7.23. The molecule has 0 aliphatic rings. The molecule has 2 rings (SSSR count). The van der Waals surface area contributed by atoms with Crippen LogP contribution in [-0.4, -0.2) is 0 Å². The maximum absolute atomic E-state index is 3.97. The van der Waals surface area contributed by atoms with E-state index in [0.29, 0.717) is 0 Å². The molecule has 82 valence electrons. The fourth-order valence-corrected chi connectivity index (χ4v) is 3.35. The van der Waals surface area contributed by atoms with Crippen molar-refractivity contribution in [1.82, 2.24) is 0 Å². The lowest BCUT2D eigenvalue weighted by Gasteiger charge is -1.92. The first kappa shape index (κ1) is 11.4. The summed E-state index contributed by atoms with van der Waals surface area (Å²) in [6.07, 6.45) is 0. The van der Waals surface area contributed by atoms with E-state index in [1.165, 1.54) is 19.5 Å². The van der Waals surface area contributed by atoms with Crippen molar-refractivity contribution in [2.24, 2.45) is 0 Å². The predicted octanol–water partition coefficient (Wildman–Crippen LogP) is 5.54. The molecule has 0 aliphatic heterocycles. The van der Waals surface area contributed by atoms with Crippen LogP contribution in [0.4, 0.5) is 0 Å². The van der Waals surface area contributed by atoms with Crippen LogP contribution in [0.5, 0.6) is 0 Å². The van der Waals surface area contributed by atoms with Crippen LogP contribution in [0.15, 0.2) is 37.4 Å². The topological polar surface area (TPSA) is 0 Å². The van der Waals surface area contributed by atoms with Gasteiger partial charge in [-0.3, -0.25) is 0 Å². The molecule has 0 saturated carbocycles. The second-order valence-electron chi connectivity index (χ2n) is 3.89. The van der Waals surface area contributed by atoms with E-state index >= 15 is 0 Å². The molecule has 16 heavy (non-hydrogen) atoms. The van der Waals surface area contributed by atoms with E-state index < -0.39 is 0 Å². The second kappa shape index (κ2) is 4.40. The van der Waals surface area contributed by atoms with E-state index in [4.69, 9.17) is 0 Å². The van der Waals surface area contributed by atoms with E-state index in [9.17, 15) is 0 Å². The van der Waals surface area contributed by atoms with Crippen LogP contribution in [-0.2, 0) is 0 Å². The minimum Gasteiger partial charge on any atom is -0.135 e. The summed E-state index contributed by atoms with van der Waals surface area (Å²) >= 11 is 3.60. The zero-order chi connectivity index (χ0) is 11.7. The Kier molecular flexibility index (Phi) is 3.13. The molecule has 0 aliphatic carbocycles. The van der Waals surface area contributed by atoms with Gasteiger partial charge >= 0.3 is 0 Å². The van der Waals surface area contributed by atoms with E-state index in [1.807, 2.05) is 13.8 Å². The molecule has 2 aromatic heterocycles. The molecule has 2 heteroatoms. The van der Waals surface area contributed by atoms with Gasteiger partial charge in [0.1, 0.15) is 0 Å². The van der Waals surface area contributed by atoms with Crippen molar-refractivity contribution in [3.05, 3.63) is 47.2 Å². The number of allylic oxidation sites excluding steroid dienone is 2. The molecule has 0 unspecified atom stereocenters. The van der Waals surface area contributed by atoms with Crippen LogP contribution in [0, 0.1) is 0 Å². The van der Waals surface area contributed by atoms with Crippen molar-refractivity contribution in [2.45, 2.75) is 13.8 Å². The minimum atomic E-state index is 1.13. The van der Waals surface area contributed by atoms with Crippen molar-refractivity contribution < 1.29 is 0 Å². The summed E-state index contributed by atoms with van der Waals surface area (Å²) in [5.74, 6) is 0. The Balaban J connectivity index is 2.35. The van der Waals surface area contributed by atoms with Crippen LogP contribution < -0.4 is 0 Å². The maximum atomic E-state index is 3.97. The Hall–Kier alpha value is -1.12. The molecule has 0 spiro atoms. The van der Waals surface area contributed by atoms with Gasteiger partial charge < -0.3 is 0 Å². The van der Waals surface area contributed by atoms with Gasteiger partial charge in [0.05, 0.1) is 0 Å². The first-order chi connectivity index (χ1) is 7.58. The molecule has 0 radical (unpaired) electrons. The third kappa shape index (κ3) is 2.18. The zero-order valence-corrected chi connectivity index (χ0v) is 11.2. The fourth-order valence-electron chi connectivity index (χ4n) is 1.40. The first-order valence-corrected chi connectivity index (χ1v) is 6.73. The number of hydrogen-bond acceptors (Lipinski definition) is 2. The molecule has 0 aromatic carbocycles. The van der Waals surface area contributed by atoms with Crippen molar-refractivity contribution in [1.29, 1.82) is 0 Å². The average Bonchev–Trinajstić information content (AvgIpc) is 2.86. The van der Waals surface area contributed by atoms with Crippen molar-refractivity contribution in [3.63, 3.8) is 0 Å². The average molecular weight is 246 g/mol. The number of thiophene rings is 2. The molecule has 0 atom stereocenters. The van der Waals surface area contributed by atoms with Gasteiger partial charge in [-0.25, -0.2) is 0 Å². The van der Waals surface area contributed by atoms with Crippen LogP contribution in [0.3, 0.4) is 0 Å². The van der Waals surface area contributed by atoms with Crippen LogP contribution in [0.25, 0.3) is 20.9 Å². The summed E-state index contributed by atoms with van der Waals surface area (Å²) in [5, 5.41) is 0. The third-order valence-corrected chi connectivity index (χ3v) is 4.99. The molecule has 2 heterocycles. The third-order valence-electron chi connectivity index (χ3n) is 2.30. The number of rotatable bonds is 3. The van der Waals surface area contributed by atoms with Crippen molar-refractivity contribution >= 4 is 33.8 Å². The summed E-state index contributed by atoms with van der Waals surface area (Å²) < 4.78 is 0. The molecule has 0 N–H and O–H groups in total. The molecular formula is C14H14S2. The second-order valence-corrected chi connectivity index (χ2v) is 6.06. The normalized spacial score (nSPS) is 10.4. The lowest BCUT2D eigenvalue weighted by molar-refractivity contribution is 1.74. The maximum Gasteiger partial charge on any atom is 0.0449 e. The molecule has 0 saturated heterocycles. The largest absolute Gasteiger partial charge is 0.135 e. The molecule has 0 amide bonds. The molecule has 0 nitrogen and oxygen atoms in total. The van der Waals surface area contributed by atoms with Gasteiger partial charge in [0.15, 0.2) is 0 Å². The van der Waals surface area contributed by atoms with E-state index in [2.05, 4.69) is 37.4 Å². The highest BCUT2D eigenvalue weighted by Crippen LogP contribution is 2.36. The summed E-state index contributed by atoms with van der Waals surface area (Å²) in [5.41, 5.74) is 2.26. The Labute approximate surface area is 105 Å². The van der Waals surface area contributed by atoms with Gasteiger partial charge in [-0.2, -0.15) is 0 Å². The predicted molar refractivity (Wildman–Crippen MR) is 77.0 cm³/mol. The van der Waals surface area contributed by atoms with Crippen LogP contribution in [0.1, 0.15) is 23.6 Å². The summed E-state index contributed by atoms with van der Waals surface area (Å²) in [6, 6.07) is 8.62. The van der Waals surface area contributed by atoms with Gasteiger partial charge in [0.2, 0.25) is 0 Å². The zero-order valence-electron chi connectivity index (χ0n) is 9.54. The van der Waals surface area contributed by atoms with Gasteiger partial charge in [-0.05, 0) is 49.3 Å². The standard InChI is InChI=1S/C14H14S2/c1-9(2)11-5-7-13(15-11)14-8-6-12(16-14)10(3)4/h5-8H,1,3H2,2,4H3. The Morgan fingerprint density at radius 2 is 1.19 bits per heavy atom. The lowest BCUT2D eigenvalue weighted by Crippen LogP contribution is -1.63. The molecule has 0 fully saturated rings. The molecule has 2 aromatic rings. The Morgan fingerprint density at radius 3 is 1.44 bits per heavy atom. The quantitative estimate of drug-likeness (QED) is 0.666. The van der Waals surface area contributed by atoms with Gasteiger partial charge in [0, 0.05) is 19.5 Å². The first-order valence-electron chi connectivity index (χ1n) is 5.09. The molecule has 0 bridgehead atoms. The minimum absolute atomic E-state index is 1.13. The van der Waals surface area contributed by atoms with Crippen molar-refractivity contribution in [2.75, 3.05) is 0 Å². The SMILES string of the molecule is C=C(C)c1ccc(-c2ccc(C(=C)C)s2)s1. The van der Waals surface area contributed by atoms with Gasteiger partial charge in [-0.1, -0.05) is 13.2 Å². The number of hydrogen-bond donors (Lipinski definition) is 0. The van der Waals surface area contributed by atoms with E-state index in [-0.39, 0.29) is 0 Å². The Bertz CT molecular complexity index is 490. The van der Waals surface area contributed by atoms with Gasteiger partial charge in [-0.15, -0.1) is 22.7 Å². The lowest BCUT2D eigenvalue weighted by atomic mass is 10.3.